The lowest BCUT2D eigenvalue weighted by Crippen LogP contribution is -2.11. The number of alkyl halides is 3. The fourth-order valence-corrected chi connectivity index (χ4v) is 2.31. The smallest absolute Gasteiger partial charge is 0.260 e. The maximum Gasteiger partial charge on any atom is 0.416 e. The van der Waals surface area contributed by atoms with Crippen molar-refractivity contribution in [3.05, 3.63) is 71.3 Å². The lowest BCUT2D eigenvalue weighted by atomic mass is 10.1. The number of hydrogen-bond donors (Lipinski definition) is 0. The first-order valence-corrected chi connectivity index (χ1v) is 6.91. The highest BCUT2D eigenvalue weighted by atomic mass is 19.4. The molecule has 3 rings (SSSR count). The van der Waals surface area contributed by atoms with E-state index in [1.54, 1.807) is 0 Å². The number of carbonyl (C=O) groups excluding carboxylic acids is 1. The minimum absolute atomic E-state index is 0.116. The number of fused-ring (bicyclic) bond motifs is 1. The van der Waals surface area contributed by atoms with Crippen molar-refractivity contribution in [3.8, 4) is 0 Å². The van der Waals surface area contributed by atoms with Gasteiger partial charge in [0.25, 0.3) is 0 Å². The molecule has 0 N–H and O–H groups in total. The third-order valence-electron chi connectivity index (χ3n) is 3.46. The first kappa shape index (κ1) is 15.1. The molecule has 2 aromatic rings. The van der Waals surface area contributed by atoms with Crippen LogP contribution in [0.5, 0.6) is 0 Å². The van der Waals surface area contributed by atoms with Crippen LogP contribution in [0.2, 0.25) is 0 Å². The van der Waals surface area contributed by atoms with Gasteiger partial charge in [-0.15, -0.1) is 0 Å². The number of rotatable bonds is 1. The van der Waals surface area contributed by atoms with Gasteiger partial charge in [-0.05, 0) is 42.5 Å². The Balaban J connectivity index is 1.89. The number of halogens is 3. The molecular weight excluding hydrogens is 305 g/mol. The predicted molar refractivity (Wildman–Crippen MR) is 78.5 cm³/mol. The maximum atomic E-state index is 12.5. The second-order valence-corrected chi connectivity index (χ2v) is 5.02. The summed E-state index contributed by atoms with van der Waals surface area (Å²) in [7, 11) is 0. The fourth-order valence-electron chi connectivity index (χ4n) is 2.31. The third kappa shape index (κ3) is 3.21. The summed E-state index contributed by atoms with van der Waals surface area (Å²) in [5.41, 5.74) is 1.04. The number of benzene rings is 2. The molecule has 6 heteroatoms. The summed E-state index contributed by atoms with van der Waals surface area (Å²) in [5.74, 6) is -0.580. The molecule has 0 spiro atoms. The van der Waals surface area contributed by atoms with Gasteiger partial charge in [0, 0.05) is 22.3 Å². The number of hydrogen-bond acceptors (Lipinski definition) is 1. The van der Waals surface area contributed by atoms with Gasteiger partial charge in [-0.1, -0.05) is 16.8 Å². The van der Waals surface area contributed by atoms with Crippen LogP contribution in [0.1, 0.15) is 21.5 Å². The van der Waals surface area contributed by atoms with Crippen molar-refractivity contribution in [2.45, 2.75) is 6.18 Å². The van der Waals surface area contributed by atoms with Crippen LogP contribution in [-0.4, -0.2) is 17.1 Å². The molecule has 1 aliphatic rings. The molecule has 0 atom stereocenters. The van der Waals surface area contributed by atoms with Crippen LogP contribution in [-0.2, 0) is 6.18 Å². The van der Waals surface area contributed by atoms with Gasteiger partial charge in [0.15, 0.2) is 6.54 Å². The molecule has 0 unspecified atom stereocenters. The Bertz CT molecular complexity index is 805. The van der Waals surface area contributed by atoms with Crippen LogP contribution in [0.4, 0.5) is 18.9 Å². The Morgan fingerprint density at radius 1 is 1.04 bits per heavy atom. The van der Waals surface area contributed by atoms with Crippen LogP contribution in [0.3, 0.4) is 0 Å². The number of carbonyl (C=O) groups is 1. The van der Waals surface area contributed by atoms with Gasteiger partial charge in [-0.3, -0.25) is 4.79 Å². The van der Waals surface area contributed by atoms with Gasteiger partial charge in [-0.2, -0.15) is 13.2 Å². The number of azo groups is 2. The van der Waals surface area contributed by atoms with Gasteiger partial charge in [-0.25, -0.2) is 0 Å². The molecule has 23 heavy (non-hydrogen) atoms. The minimum atomic E-state index is -4.42. The van der Waals surface area contributed by atoms with E-state index in [1.165, 1.54) is 4.70 Å². The summed E-state index contributed by atoms with van der Waals surface area (Å²) in [6, 6.07) is 11.5. The van der Waals surface area contributed by atoms with E-state index < -0.39 is 17.6 Å². The molecule has 2 aromatic carbocycles. The summed E-state index contributed by atoms with van der Waals surface area (Å²) in [5, 5.41) is 4.00. The average Bonchev–Trinajstić information content (AvgIpc) is 2.54. The van der Waals surface area contributed by atoms with Crippen molar-refractivity contribution < 1.29 is 22.7 Å². The third-order valence-corrected chi connectivity index (χ3v) is 3.46. The monoisotopic (exact) mass is 317 g/mol. The normalized spacial score (nSPS) is 15.5. The Morgan fingerprint density at radius 2 is 1.74 bits per heavy atom. The highest BCUT2D eigenvalue weighted by Gasteiger charge is 2.30. The Hall–Kier alpha value is -2.76. The second-order valence-electron chi connectivity index (χ2n) is 5.02. The summed E-state index contributed by atoms with van der Waals surface area (Å²) in [4.78, 5) is 12.2. The van der Waals surface area contributed by atoms with E-state index in [0.717, 1.165) is 35.5 Å². The van der Waals surface area contributed by atoms with E-state index in [4.69, 9.17) is 0 Å². The topological polar surface area (TPSA) is 32.4 Å². The van der Waals surface area contributed by atoms with Gasteiger partial charge in [0.05, 0.1) is 5.56 Å². The number of para-hydroxylation sites is 1. The van der Waals surface area contributed by atoms with Crippen LogP contribution in [0, 0.1) is 0 Å². The van der Waals surface area contributed by atoms with E-state index in [-0.39, 0.29) is 5.56 Å². The van der Waals surface area contributed by atoms with E-state index in [1.807, 2.05) is 36.4 Å². The standard InChI is InChI=1S/C17H12F3N2O/c18-17(19,20)14-9-7-13(8-10-14)16(23)21-22-11-3-5-12-4-1-2-6-15(12)22/h1-10H,11H2/q+1. The summed E-state index contributed by atoms with van der Waals surface area (Å²) in [6.07, 6.45) is -0.620. The molecule has 0 bridgehead atoms. The summed E-state index contributed by atoms with van der Waals surface area (Å²) in [6.45, 7) is 0.434. The molecule has 0 fully saturated rings. The average molecular weight is 317 g/mol. The molecule has 1 heterocycles. The Labute approximate surface area is 130 Å². The summed E-state index contributed by atoms with van der Waals surface area (Å²) >= 11 is 0. The second kappa shape index (κ2) is 5.79. The predicted octanol–water partition coefficient (Wildman–Crippen LogP) is 4.67. The Kier molecular flexibility index (Phi) is 3.82. The molecular formula is C17H12F3N2O+. The highest BCUT2D eigenvalue weighted by molar-refractivity contribution is 5.94. The zero-order valence-corrected chi connectivity index (χ0v) is 11.9. The van der Waals surface area contributed by atoms with Crippen molar-refractivity contribution in [1.29, 1.82) is 0 Å². The van der Waals surface area contributed by atoms with E-state index in [0.29, 0.717) is 6.54 Å². The SMILES string of the molecule is O=C(N=[N+]1CC=Cc2ccccc21)c1ccc(C(F)(F)F)cc1. The highest BCUT2D eigenvalue weighted by Crippen LogP contribution is 2.29. The van der Waals surface area contributed by atoms with Gasteiger partial charge in [0.1, 0.15) is 0 Å². The van der Waals surface area contributed by atoms with Crippen molar-refractivity contribution >= 4 is 17.7 Å². The molecule has 3 nitrogen and oxygen atoms in total. The molecule has 0 saturated carbocycles. The van der Waals surface area contributed by atoms with Crippen LogP contribution in [0.25, 0.3) is 6.08 Å². The van der Waals surface area contributed by atoms with Gasteiger partial charge >= 0.3 is 12.1 Å². The Morgan fingerprint density at radius 3 is 2.43 bits per heavy atom. The molecule has 0 aromatic heterocycles. The molecule has 1 aliphatic heterocycles. The number of nitrogens with zero attached hydrogens (tertiary/aromatic N) is 2. The zero-order valence-electron chi connectivity index (χ0n) is 11.9. The van der Waals surface area contributed by atoms with Crippen molar-refractivity contribution in [2.24, 2.45) is 5.11 Å². The molecule has 0 aliphatic carbocycles. The quantitative estimate of drug-likeness (QED) is 0.704. The van der Waals surface area contributed by atoms with Crippen LogP contribution < -0.4 is 0 Å². The van der Waals surface area contributed by atoms with Crippen molar-refractivity contribution in [2.75, 3.05) is 6.54 Å². The maximum absolute atomic E-state index is 12.5. The van der Waals surface area contributed by atoms with Gasteiger partial charge < -0.3 is 0 Å². The molecule has 1 amide bonds. The minimum Gasteiger partial charge on any atom is -0.260 e. The fraction of sp³-hybridized carbons (Fsp3) is 0.118. The largest absolute Gasteiger partial charge is 0.416 e. The van der Waals surface area contributed by atoms with E-state index >= 15 is 0 Å². The lowest BCUT2D eigenvalue weighted by molar-refractivity contribution is -0.497. The first-order chi connectivity index (χ1) is 10.9. The van der Waals surface area contributed by atoms with E-state index in [9.17, 15) is 18.0 Å². The van der Waals surface area contributed by atoms with Gasteiger partial charge in [0.2, 0.25) is 5.69 Å². The van der Waals surface area contributed by atoms with E-state index in [2.05, 4.69) is 5.11 Å². The number of amides is 1. The summed E-state index contributed by atoms with van der Waals surface area (Å²) < 4.78 is 39.1. The molecule has 116 valence electrons. The zero-order chi connectivity index (χ0) is 16.4. The molecule has 0 saturated heterocycles. The molecule has 0 radical (unpaired) electrons. The van der Waals surface area contributed by atoms with Crippen molar-refractivity contribution in [1.82, 2.24) is 0 Å². The van der Waals surface area contributed by atoms with Crippen molar-refractivity contribution in [3.63, 3.8) is 0 Å². The van der Waals surface area contributed by atoms with Crippen LogP contribution in [0.15, 0.2) is 59.7 Å². The lowest BCUT2D eigenvalue weighted by Gasteiger charge is -2.07. The van der Waals surface area contributed by atoms with Crippen LogP contribution >= 0.6 is 0 Å². The first-order valence-electron chi connectivity index (χ1n) is 6.91.